The summed E-state index contributed by atoms with van der Waals surface area (Å²) in [5.74, 6) is 1.08. The highest BCUT2D eigenvalue weighted by atomic mass is 19.3. The molecule has 2 N–H and O–H groups in total. The average molecular weight is 428 g/mol. The molecule has 0 aliphatic heterocycles. The number of halogens is 2. The van der Waals surface area contributed by atoms with Crippen LogP contribution in [0.4, 0.5) is 20.5 Å². The average Bonchev–Trinajstić information content (AvgIpc) is 3.18. The molecule has 162 valence electrons. The normalized spacial score (nSPS) is 18.2. The second-order valence-electron chi connectivity index (χ2n) is 7.38. The molecule has 3 aromatic rings. The van der Waals surface area contributed by atoms with Crippen LogP contribution in [0.2, 0.25) is 0 Å². The molecule has 0 unspecified atom stereocenters. The molecule has 1 saturated carbocycles. The van der Waals surface area contributed by atoms with Gasteiger partial charge in [-0.1, -0.05) is 6.07 Å². The van der Waals surface area contributed by atoms with Crippen LogP contribution < -0.4 is 20.9 Å². The van der Waals surface area contributed by atoms with Crippen LogP contribution in [0.1, 0.15) is 24.8 Å². The number of nitrogens with one attached hydrogen (secondary N) is 2. The summed E-state index contributed by atoms with van der Waals surface area (Å²) in [5.41, 5.74) is 1.56. The van der Waals surface area contributed by atoms with Gasteiger partial charge in [0.1, 0.15) is 5.82 Å². The van der Waals surface area contributed by atoms with Crippen molar-refractivity contribution in [3.8, 4) is 11.4 Å². The number of hydrogen-bond acceptors (Lipinski definition) is 7. The van der Waals surface area contributed by atoms with E-state index in [0.29, 0.717) is 5.95 Å². The molecule has 1 fully saturated rings. The van der Waals surface area contributed by atoms with Crippen LogP contribution in [0.15, 0.2) is 53.8 Å². The van der Waals surface area contributed by atoms with Crippen LogP contribution in [0.25, 0.3) is 5.69 Å². The van der Waals surface area contributed by atoms with E-state index in [2.05, 4.69) is 30.3 Å². The minimum Gasteiger partial charge on any atom is -0.432 e. The van der Waals surface area contributed by atoms with Gasteiger partial charge >= 0.3 is 6.61 Å². The second kappa shape index (κ2) is 9.07. The van der Waals surface area contributed by atoms with E-state index < -0.39 is 6.61 Å². The van der Waals surface area contributed by atoms with Crippen molar-refractivity contribution in [3.05, 3.63) is 65.0 Å². The smallest absolute Gasteiger partial charge is 0.387 e. The SMILES string of the molecule is Cc1cc(-n2ccccc2=O)cnc1N[C@H]1CC[C@H](Nc2ncc(OC(F)F)cn2)C1. The van der Waals surface area contributed by atoms with Crippen LogP contribution >= 0.6 is 0 Å². The molecule has 0 amide bonds. The number of hydrogen-bond donors (Lipinski definition) is 2. The topological polar surface area (TPSA) is 94.0 Å². The quantitative estimate of drug-likeness (QED) is 0.596. The Morgan fingerprint density at radius 2 is 1.84 bits per heavy atom. The molecule has 0 radical (unpaired) electrons. The fourth-order valence-corrected chi connectivity index (χ4v) is 3.66. The number of aromatic nitrogens is 4. The van der Waals surface area contributed by atoms with Gasteiger partial charge in [-0.05, 0) is 43.9 Å². The molecule has 31 heavy (non-hydrogen) atoms. The van der Waals surface area contributed by atoms with Gasteiger partial charge in [0, 0.05) is 24.3 Å². The molecule has 10 heteroatoms. The van der Waals surface area contributed by atoms with Gasteiger partial charge in [-0.25, -0.2) is 15.0 Å². The largest absolute Gasteiger partial charge is 0.432 e. The molecule has 4 rings (SSSR count). The molecule has 0 saturated heterocycles. The first-order valence-electron chi connectivity index (χ1n) is 9.92. The van der Waals surface area contributed by atoms with Crippen molar-refractivity contribution in [3.63, 3.8) is 0 Å². The van der Waals surface area contributed by atoms with E-state index in [1.165, 1.54) is 18.5 Å². The predicted octanol–water partition coefficient (Wildman–Crippen LogP) is 3.38. The number of alkyl halides is 2. The van der Waals surface area contributed by atoms with Crippen molar-refractivity contribution in [2.45, 2.75) is 44.9 Å². The lowest BCUT2D eigenvalue weighted by atomic mass is 10.2. The Bertz CT molecular complexity index is 1090. The van der Waals surface area contributed by atoms with E-state index in [1.54, 1.807) is 29.1 Å². The zero-order chi connectivity index (χ0) is 21.8. The molecule has 3 aromatic heterocycles. The standard InChI is InChI=1S/C21H22F2N6O2/c1-13-8-16(29-7-3-2-4-18(29)30)10-24-19(13)27-14-5-6-15(9-14)28-21-25-11-17(12-26-21)31-20(22)23/h2-4,7-8,10-12,14-15,20H,5-6,9H2,1H3,(H,24,27)(H,25,26,28)/t14-,15-/m0/s1. The number of pyridine rings is 2. The van der Waals surface area contributed by atoms with E-state index in [1.807, 2.05) is 13.0 Å². The van der Waals surface area contributed by atoms with Gasteiger partial charge in [0.25, 0.3) is 5.56 Å². The monoisotopic (exact) mass is 428 g/mol. The number of aryl methyl sites for hydroxylation is 1. The minimum atomic E-state index is -2.90. The van der Waals surface area contributed by atoms with Gasteiger partial charge < -0.3 is 15.4 Å². The maximum Gasteiger partial charge on any atom is 0.387 e. The van der Waals surface area contributed by atoms with Gasteiger partial charge in [-0.3, -0.25) is 9.36 Å². The number of anilines is 2. The lowest BCUT2D eigenvalue weighted by Gasteiger charge is -2.17. The summed E-state index contributed by atoms with van der Waals surface area (Å²) >= 11 is 0. The van der Waals surface area contributed by atoms with E-state index in [4.69, 9.17) is 0 Å². The lowest BCUT2D eigenvalue weighted by Crippen LogP contribution is -2.22. The Morgan fingerprint density at radius 1 is 1.10 bits per heavy atom. The highest BCUT2D eigenvalue weighted by Gasteiger charge is 2.26. The molecule has 8 nitrogen and oxygen atoms in total. The summed E-state index contributed by atoms with van der Waals surface area (Å²) in [7, 11) is 0. The van der Waals surface area contributed by atoms with Crippen molar-refractivity contribution in [2.75, 3.05) is 10.6 Å². The van der Waals surface area contributed by atoms with E-state index in [9.17, 15) is 13.6 Å². The van der Waals surface area contributed by atoms with Crippen LogP contribution in [-0.2, 0) is 0 Å². The summed E-state index contributed by atoms with van der Waals surface area (Å²) in [5, 5.41) is 6.69. The zero-order valence-corrected chi connectivity index (χ0v) is 16.8. The van der Waals surface area contributed by atoms with Gasteiger partial charge in [-0.2, -0.15) is 8.78 Å². The molecular formula is C21H22F2N6O2. The van der Waals surface area contributed by atoms with Crippen LogP contribution in [0, 0.1) is 6.92 Å². The lowest BCUT2D eigenvalue weighted by molar-refractivity contribution is -0.0503. The van der Waals surface area contributed by atoms with Crippen molar-refractivity contribution >= 4 is 11.8 Å². The summed E-state index contributed by atoms with van der Waals surface area (Å²) in [6, 6.07) is 7.32. The fourth-order valence-electron chi connectivity index (χ4n) is 3.66. The molecule has 0 spiro atoms. The molecule has 0 bridgehead atoms. The zero-order valence-electron chi connectivity index (χ0n) is 16.8. The first kappa shape index (κ1) is 20.7. The summed E-state index contributed by atoms with van der Waals surface area (Å²) in [4.78, 5) is 24.6. The van der Waals surface area contributed by atoms with Crippen LogP contribution in [0.5, 0.6) is 5.75 Å². The summed E-state index contributed by atoms with van der Waals surface area (Å²) < 4.78 is 30.2. The third-order valence-electron chi connectivity index (χ3n) is 5.12. The van der Waals surface area contributed by atoms with Crippen LogP contribution in [-0.4, -0.2) is 38.2 Å². The maximum absolute atomic E-state index is 12.2. The van der Waals surface area contributed by atoms with Crippen molar-refractivity contribution < 1.29 is 13.5 Å². The number of rotatable bonds is 7. The van der Waals surface area contributed by atoms with Gasteiger partial charge in [-0.15, -0.1) is 0 Å². The highest BCUT2D eigenvalue weighted by Crippen LogP contribution is 2.26. The van der Waals surface area contributed by atoms with E-state index in [0.717, 1.165) is 36.3 Å². The Morgan fingerprint density at radius 3 is 2.52 bits per heavy atom. The number of nitrogens with zero attached hydrogens (tertiary/aromatic N) is 4. The fraction of sp³-hybridized carbons (Fsp3) is 0.333. The third-order valence-corrected chi connectivity index (χ3v) is 5.12. The molecule has 1 aliphatic rings. The predicted molar refractivity (Wildman–Crippen MR) is 112 cm³/mol. The summed E-state index contributed by atoms with van der Waals surface area (Å²) in [6.07, 6.45) is 8.52. The molecular weight excluding hydrogens is 406 g/mol. The van der Waals surface area contributed by atoms with E-state index >= 15 is 0 Å². The Kier molecular flexibility index (Phi) is 6.06. The van der Waals surface area contributed by atoms with Gasteiger partial charge in [0.05, 0.1) is 24.3 Å². The Hall–Kier alpha value is -3.56. The van der Waals surface area contributed by atoms with Crippen LogP contribution in [0.3, 0.4) is 0 Å². The molecule has 1 aliphatic carbocycles. The van der Waals surface area contributed by atoms with Gasteiger partial charge in [0.15, 0.2) is 5.75 Å². The van der Waals surface area contributed by atoms with E-state index in [-0.39, 0.29) is 23.4 Å². The third kappa shape index (κ3) is 5.14. The van der Waals surface area contributed by atoms with Gasteiger partial charge in [0.2, 0.25) is 5.95 Å². The molecule has 2 atom stereocenters. The van der Waals surface area contributed by atoms with Crippen molar-refractivity contribution in [1.82, 2.24) is 19.5 Å². The first-order chi connectivity index (χ1) is 15.0. The Balaban J connectivity index is 1.35. The number of ether oxygens (including phenoxy) is 1. The highest BCUT2D eigenvalue weighted by molar-refractivity contribution is 5.49. The first-order valence-corrected chi connectivity index (χ1v) is 9.92. The second-order valence-corrected chi connectivity index (χ2v) is 7.38. The summed E-state index contributed by atoms with van der Waals surface area (Å²) in [6.45, 7) is -0.946. The molecule has 3 heterocycles. The maximum atomic E-state index is 12.2. The molecule has 0 aromatic carbocycles. The van der Waals surface area contributed by atoms with Crippen molar-refractivity contribution in [1.29, 1.82) is 0 Å². The van der Waals surface area contributed by atoms with Crippen molar-refractivity contribution in [2.24, 2.45) is 0 Å². The minimum absolute atomic E-state index is 0.0747. The Labute approximate surface area is 177 Å².